The zero-order chi connectivity index (χ0) is 14.0. The highest BCUT2D eigenvalue weighted by atomic mass is 127. The third kappa shape index (κ3) is 3.32. The highest BCUT2D eigenvalue weighted by molar-refractivity contribution is 14.1. The minimum Gasteiger partial charge on any atom is -0.119 e. The van der Waals surface area contributed by atoms with E-state index >= 15 is 0 Å². The molecule has 0 heterocycles. The van der Waals surface area contributed by atoms with Crippen LogP contribution in [0.15, 0.2) is 36.4 Å². The molecule has 0 radical (unpaired) electrons. The summed E-state index contributed by atoms with van der Waals surface area (Å²) in [6.07, 6.45) is 5.55. The zero-order valence-corrected chi connectivity index (χ0v) is 15.2. The number of hydrogen-bond acceptors (Lipinski definition) is 0. The average molecular weight is 472 g/mol. The molecule has 0 N–H and O–H groups in total. The van der Waals surface area contributed by atoms with E-state index in [-0.39, 0.29) is 5.92 Å². The number of terminal acetylenes is 1. The van der Waals surface area contributed by atoms with Crippen molar-refractivity contribution in [3.63, 3.8) is 0 Å². The first kappa shape index (κ1) is 14.9. The van der Waals surface area contributed by atoms with Gasteiger partial charge in [-0.3, -0.25) is 0 Å². The van der Waals surface area contributed by atoms with Crippen molar-refractivity contribution < 1.29 is 0 Å². The number of halogens is 2. The molecule has 0 saturated heterocycles. The first-order valence-electron chi connectivity index (χ1n) is 6.05. The molecule has 2 aromatic carbocycles. The van der Waals surface area contributed by atoms with Gasteiger partial charge in [-0.2, -0.15) is 0 Å². The smallest absolute Gasteiger partial charge is 0.0421 e. The molecule has 1 atom stereocenters. The minimum absolute atomic E-state index is 0.151. The van der Waals surface area contributed by atoms with E-state index in [0.29, 0.717) is 0 Å². The Morgan fingerprint density at radius 1 is 1.11 bits per heavy atom. The Hall–Kier alpha value is -0.540. The molecule has 19 heavy (non-hydrogen) atoms. The van der Waals surface area contributed by atoms with Crippen LogP contribution in [0.1, 0.15) is 24.0 Å². The predicted octanol–water partition coefficient (Wildman–Crippen LogP) is 5.61. The lowest BCUT2D eigenvalue weighted by atomic mass is 9.94. The number of rotatable bonds is 2. The third-order valence-corrected chi connectivity index (χ3v) is 4.90. The molecule has 0 aliphatic carbocycles. The minimum atomic E-state index is 0.151. The van der Waals surface area contributed by atoms with Gasteiger partial charge in [0.2, 0.25) is 0 Å². The topological polar surface area (TPSA) is 0 Å². The maximum atomic E-state index is 5.55. The summed E-state index contributed by atoms with van der Waals surface area (Å²) in [6.45, 7) is 4.19. The van der Waals surface area contributed by atoms with Crippen molar-refractivity contribution in [2.75, 3.05) is 0 Å². The van der Waals surface area contributed by atoms with Gasteiger partial charge in [-0.15, -0.1) is 6.42 Å². The largest absolute Gasteiger partial charge is 0.119 e. The molecular formula is C17H14I2. The molecule has 0 fully saturated rings. The molecule has 0 aromatic heterocycles. The first-order chi connectivity index (χ1) is 9.02. The van der Waals surface area contributed by atoms with Crippen LogP contribution < -0.4 is 0 Å². The lowest BCUT2D eigenvalue weighted by Gasteiger charge is -2.13. The maximum absolute atomic E-state index is 5.55. The summed E-state index contributed by atoms with van der Waals surface area (Å²) in [6, 6.07) is 13.0. The van der Waals surface area contributed by atoms with E-state index in [4.69, 9.17) is 6.42 Å². The van der Waals surface area contributed by atoms with Gasteiger partial charge in [0.05, 0.1) is 0 Å². The fourth-order valence-corrected chi connectivity index (χ4v) is 4.21. The summed E-state index contributed by atoms with van der Waals surface area (Å²) < 4.78 is 2.55. The van der Waals surface area contributed by atoms with Crippen LogP contribution in [0.5, 0.6) is 0 Å². The highest BCUT2D eigenvalue weighted by Crippen LogP contribution is 2.32. The van der Waals surface area contributed by atoms with E-state index in [1.165, 1.54) is 29.4 Å². The third-order valence-electron chi connectivity index (χ3n) is 3.10. The summed E-state index contributed by atoms with van der Waals surface area (Å²) >= 11 is 4.79. The molecular weight excluding hydrogens is 458 g/mol. The molecule has 1 unspecified atom stereocenters. The van der Waals surface area contributed by atoms with E-state index in [0.717, 1.165) is 0 Å². The number of benzene rings is 2. The van der Waals surface area contributed by atoms with Crippen LogP contribution in [-0.4, -0.2) is 0 Å². The second-order valence-electron chi connectivity index (χ2n) is 4.62. The van der Waals surface area contributed by atoms with Gasteiger partial charge < -0.3 is 0 Å². The summed E-state index contributed by atoms with van der Waals surface area (Å²) in [5.41, 5.74) is 5.03. The highest BCUT2D eigenvalue weighted by Gasteiger charge is 2.10. The van der Waals surface area contributed by atoms with E-state index < -0.39 is 0 Å². The van der Waals surface area contributed by atoms with Crippen molar-refractivity contribution in [3.05, 3.63) is 54.7 Å². The van der Waals surface area contributed by atoms with Crippen molar-refractivity contribution in [3.8, 4) is 23.5 Å². The fourth-order valence-electron chi connectivity index (χ4n) is 2.08. The van der Waals surface area contributed by atoms with E-state index in [1.54, 1.807) is 0 Å². The second-order valence-corrected chi connectivity index (χ2v) is 6.94. The second kappa shape index (κ2) is 6.27. The molecule has 0 aliphatic heterocycles. The van der Waals surface area contributed by atoms with Crippen molar-refractivity contribution in [2.45, 2.75) is 19.8 Å². The van der Waals surface area contributed by atoms with Crippen LogP contribution in [-0.2, 0) is 0 Å². The standard InChI is InChI=1S/C17H14I2/c1-4-12(3)13-8-11(2)9-14(10-13)17-15(18)6-5-7-16(17)19/h1,5-10,12H,2-3H3. The van der Waals surface area contributed by atoms with Crippen molar-refractivity contribution in [2.24, 2.45) is 0 Å². The molecule has 2 heteroatoms. The fraction of sp³-hybridized carbons (Fsp3) is 0.176. The summed E-state index contributed by atoms with van der Waals surface area (Å²) in [5.74, 6) is 2.96. The van der Waals surface area contributed by atoms with E-state index in [2.05, 4.69) is 101 Å². The zero-order valence-electron chi connectivity index (χ0n) is 10.9. The lowest BCUT2D eigenvalue weighted by molar-refractivity contribution is 1.00. The SMILES string of the molecule is C#CC(C)c1cc(C)cc(-c2c(I)cccc2I)c1. The van der Waals surface area contributed by atoms with Crippen LogP contribution in [0.2, 0.25) is 0 Å². The quantitative estimate of drug-likeness (QED) is 0.394. The van der Waals surface area contributed by atoms with Gasteiger partial charge in [-0.1, -0.05) is 29.7 Å². The summed E-state index contributed by atoms with van der Waals surface area (Å²) in [7, 11) is 0. The normalized spacial score (nSPS) is 11.9. The van der Waals surface area contributed by atoms with Crippen LogP contribution in [0, 0.1) is 26.4 Å². The predicted molar refractivity (Wildman–Crippen MR) is 99.3 cm³/mol. The Labute approximate surface area is 142 Å². The van der Waals surface area contributed by atoms with Gasteiger partial charge in [-0.05, 0) is 88.4 Å². The van der Waals surface area contributed by atoms with Crippen molar-refractivity contribution >= 4 is 45.2 Å². The van der Waals surface area contributed by atoms with Gasteiger partial charge in [0.15, 0.2) is 0 Å². The van der Waals surface area contributed by atoms with Crippen LogP contribution >= 0.6 is 45.2 Å². The molecule has 0 nitrogen and oxygen atoms in total. The van der Waals surface area contributed by atoms with Crippen molar-refractivity contribution in [1.29, 1.82) is 0 Å². The van der Waals surface area contributed by atoms with Gasteiger partial charge in [0.1, 0.15) is 0 Å². The molecule has 0 bridgehead atoms. The molecule has 2 rings (SSSR count). The van der Waals surface area contributed by atoms with E-state index in [9.17, 15) is 0 Å². The number of hydrogen-bond donors (Lipinski definition) is 0. The van der Waals surface area contributed by atoms with Gasteiger partial charge in [-0.25, -0.2) is 0 Å². The molecule has 2 aromatic rings. The molecule has 0 amide bonds. The Morgan fingerprint density at radius 3 is 2.32 bits per heavy atom. The average Bonchev–Trinajstić information content (AvgIpc) is 2.37. The summed E-state index contributed by atoms with van der Waals surface area (Å²) in [5, 5.41) is 0. The van der Waals surface area contributed by atoms with Crippen molar-refractivity contribution in [1.82, 2.24) is 0 Å². The van der Waals surface area contributed by atoms with Gasteiger partial charge in [0.25, 0.3) is 0 Å². The summed E-state index contributed by atoms with van der Waals surface area (Å²) in [4.78, 5) is 0. The molecule has 0 saturated carbocycles. The number of aryl methyl sites for hydroxylation is 1. The van der Waals surface area contributed by atoms with Crippen LogP contribution in [0.3, 0.4) is 0 Å². The van der Waals surface area contributed by atoms with Gasteiger partial charge >= 0.3 is 0 Å². The first-order valence-corrected chi connectivity index (χ1v) is 8.20. The van der Waals surface area contributed by atoms with E-state index in [1.807, 2.05) is 0 Å². The molecule has 0 aliphatic rings. The van der Waals surface area contributed by atoms with Crippen LogP contribution in [0.4, 0.5) is 0 Å². The Bertz CT molecular complexity index is 631. The van der Waals surface area contributed by atoms with Crippen LogP contribution in [0.25, 0.3) is 11.1 Å². The van der Waals surface area contributed by atoms with Gasteiger partial charge in [0, 0.05) is 18.6 Å². The maximum Gasteiger partial charge on any atom is 0.0421 e. The monoisotopic (exact) mass is 472 g/mol. The lowest BCUT2D eigenvalue weighted by Crippen LogP contribution is -1.94. The Morgan fingerprint density at radius 2 is 1.74 bits per heavy atom. The molecule has 0 spiro atoms. The Balaban J connectivity index is 2.64. The molecule has 96 valence electrons. The Kier molecular flexibility index (Phi) is 4.91.